The summed E-state index contributed by atoms with van der Waals surface area (Å²) in [6.45, 7) is 4.55. The Hall–Kier alpha value is -1.93. The van der Waals surface area contributed by atoms with Gasteiger partial charge in [-0.15, -0.1) is 0 Å². The maximum absolute atomic E-state index is 12.0. The third-order valence-electron chi connectivity index (χ3n) is 2.59. The molecule has 1 rings (SSSR count). The minimum atomic E-state index is -3.65. The van der Waals surface area contributed by atoms with Gasteiger partial charge in [-0.1, -0.05) is 6.07 Å². The second-order valence-electron chi connectivity index (χ2n) is 5.98. The van der Waals surface area contributed by atoms with Crippen molar-refractivity contribution in [3.05, 3.63) is 29.8 Å². The lowest BCUT2D eigenvalue weighted by Gasteiger charge is -2.19. The van der Waals surface area contributed by atoms with Crippen LogP contribution in [0.5, 0.6) is 0 Å². The van der Waals surface area contributed by atoms with Crippen LogP contribution in [0.2, 0.25) is 0 Å². The minimum Gasteiger partial charge on any atom is -0.457 e. The first kappa shape index (κ1) is 19.1. The molecule has 0 amide bonds. The standard InChI is InChI=1S/C15H21NO6S/c1-15(2,3)22-13(17)10-21-14(18)11-7-6-8-12(9-11)23(19,20)16(4)5/h6-9H,10H2,1-5H3. The molecule has 23 heavy (non-hydrogen) atoms. The van der Waals surface area contributed by atoms with Gasteiger partial charge in [-0.2, -0.15) is 0 Å². The summed E-state index contributed by atoms with van der Waals surface area (Å²) in [5.41, 5.74) is -0.639. The van der Waals surface area contributed by atoms with E-state index >= 15 is 0 Å². The molecule has 0 atom stereocenters. The average Bonchev–Trinajstić information content (AvgIpc) is 2.43. The van der Waals surface area contributed by atoms with Gasteiger partial charge in [0.15, 0.2) is 6.61 Å². The zero-order valence-corrected chi connectivity index (χ0v) is 14.6. The fourth-order valence-corrected chi connectivity index (χ4v) is 2.52. The summed E-state index contributed by atoms with van der Waals surface area (Å²) in [6.07, 6.45) is 0. The van der Waals surface area contributed by atoms with E-state index in [1.54, 1.807) is 20.8 Å². The predicted molar refractivity (Wildman–Crippen MR) is 83.4 cm³/mol. The number of carbonyl (C=O) groups excluding carboxylic acids is 2. The Morgan fingerprint density at radius 2 is 1.78 bits per heavy atom. The number of hydrogen-bond acceptors (Lipinski definition) is 6. The lowest BCUT2D eigenvalue weighted by Crippen LogP contribution is -2.27. The molecular weight excluding hydrogens is 322 g/mol. The van der Waals surface area contributed by atoms with E-state index in [0.717, 1.165) is 4.31 Å². The summed E-state index contributed by atoms with van der Waals surface area (Å²) in [5.74, 6) is -1.48. The van der Waals surface area contributed by atoms with Gasteiger partial charge in [-0.05, 0) is 39.0 Å². The number of benzene rings is 1. The van der Waals surface area contributed by atoms with Gasteiger partial charge in [0.2, 0.25) is 10.0 Å². The summed E-state index contributed by atoms with van der Waals surface area (Å²) in [7, 11) is -0.871. The van der Waals surface area contributed by atoms with Gasteiger partial charge in [0, 0.05) is 14.1 Å². The van der Waals surface area contributed by atoms with Crippen molar-refractivity contribution in [2.45, 2.75) is 31.3 Å². The van der Waals surface area contributed by atoms with Gasteiger partial charge < -0.3 is 9.47 Å². The summed E-state index contributed by atoms with van der Waals surface area (Å²) in [4.78, 5) is 23.4. The number of esters is 2. The lowest BCUT2D eigenvalue weighted by molar-refractivity contribution is -0.158. The Kier molecular flexibility index (Phi) is 5.90. The highest BCUT2D eigenvalue weighted by atomic mass is 32.2. The molecular formula is C15H21NO6S. The first-order valence-electron chi connectivity index (χ1n) is 6.85. The molecule has 0 radical (unpaired) electrons. The normalized spacial score (nSPS) is 12.1. The second kappa shape index (κ2) is 7.10. The van der Waals surface area contributed by atoms with Crippen LogP contribution in [0.3, 0.4) is 0 Å². The molecule has 0 aliphatic carbocycles. The number of hydrogen-bond donors (Lipinski definition) is 0. The van der Waals surface area contributed by atoms with Crippen molar-refractivity contribution in [1.29, 1.82) is 0 Å². The molecule has 0 saturated carbocycles. The van der Waals surface area contributed by atoms with Gasteiger partial charge in [0.25, 0.3) is 0 Å². The quantitative estimate of drug-likeness (QED) is 0.752. The van der Waals surface area contributed by atoms with E-state index in [9.17, 15) is 18.0 Å². The van der Waals surface area contributed by atoms with E-state index in [1.165, 1.54) is 38.4 Å². The Morgan fingerprint density at radius 3 is 2.30 bits per heavy atom. The number of nitrogens with zero attached hydrogens (tertiary/aromatic N) is 1. The van der Waals surface area contributed by atoms with Crippen LogP contribution in [0.25, 0.3) is 0 Å². The number of ether oxygens (including phenoxy) is 2. The molecule has 128 valence electrons. The van der Waals surface area contributed by atoms with Crippen LogP contribution >= 0.6 is 0 Å². The smallest absolute Gasteiger partial charge is 0.344 e. The van der Waals surface area contributed by atoms with E-state index in [-0.39, 0.29) is 10.5 Å². The molecule has 1 aromatic rings. The van der Waals surface area contributed by atoms with Gasteiger partial charge in [-0.3, -0.25) is 0 Å². The van der Waals surface area contributed by atoms with Crippen molar-refractivity contribution < 1.29 is 27.5 Å². The third-order valence-corrected chi connectivity index (χ3v) is 4.40. The van der Waals surface area contributed by atoms with Crippen LogP contribution in [0.4, 0.5) is 0 Å². The van der Waals surface area contributed by atoms with E-state index < -0.39 is 34.2 Å². The molecule has 0 heterocycles. The van der Waals surface area contributed by atoms with Gasteiger partial charge >= 0.3 is 11.9 Å². The third kappa shape index (κ3) is 5.65. The van der Waals surface area contributed by atoms with Crippen molar-refractivity contribution in [1.82, 2.24) is 4.31 Å². The fraction of sp³-hybridized carbons (Fsp3) is 0.467. The molecule has 0 saturated heterocycles. The molecule has 0 unspecified atom stereocenters. The Balaban J connectivity index is 2.81. The van der Waals surface area contributed by atoms with E-state index in [2.05, 4.69) is 0 Å². The van der Waals surface area contributed by atoms with Crippen LogP contribution in [0.1, 0.15) is 31.1 Å². The Labute approximate surface area is 136 Å². The summed E-state index contributed by atoms with van der Waals surface area (Å²) >= 11 is 0. The van der Waals surface area contributed by atoms with E-state index in [1.807, 2.05) is 0 Å². The highest BCUT2D eigenvalue weighted by Crippen LogP contribution is 2.15. The van der Waals surface area contributed by atoms with Crippen LogP contribution in [-0.2, 0) is 24.3 Å². The topological polar surface area (TPSA) is 90.0 Å². The average molecular weight is 343 g/mol. The fourth-order valence-electron chi connectivity index (χ4n) is 1.57. The molecule has 0 bridgehead atoms. The lowest BCUT2D eigenvalue weighted by atomic mass is 10.2. The van der Waals surface area contributed by atoms with Crippen molar-refractivity contribution >= 4 is 22.0 Å². The molecule has 0 aromatic heterocycles. The predicted octanol–water partition coefficient (Wildman–Crippen LogP) is 1.44. The first-order valence-corrected chi connectivity index (χ1v) is 8.29. The Bertz CT molecular complexity index is 688. The van der Waals surface area contributed by atoms with Gasteiger partial charge in [0.1, 0.15) is 5.60 Å². The zero-order valence-electron chi connectivity index (χ0n) is 13.8. The molecule has 8 heteroatoms. The van der Waals surface area contributed by atoms with Crippen LogP contribution in [0, 0.1) is 0 Å². The molecule has 0 aliphatic rings. The SMILES string of the molecule is CN(C)S(=O)(=O)c1cccc(C(=O)OCC(=O)OC(C)(C)C)c1. The largest absolute Gasteiger partial charge is 0.457 e. The number of rotatable bonds is 5. The van der Waals surface area contributed by atoms with Crippen LogP contribution < -0.4 is 0 Å². The highest BCUT2D eigenvalue weighted by molar-refractivity contribution is 7.89. The summed E-state index contributed by atoms with van der Waals surface area (Å²) in [6, 6.07) is 5.42. The van der Waals surface area contributed by atoms with Crippen LogP contribution in [-0.4, -0.2) is 51.0 Å². The van der Waals surface area contributed by atoms with Crippen molar-refractivity contribution in [3.63, 3.8) is 0 Å². The number of sulfonamides is 1. The van der Waals surface area contributed by atoms with E-state index in [4.69, 9.17) is 9.47 Å². The first-order chi connectivity index (χ1) is 10.4. The van der Waals surface area contributed by atoms with Crippen LogP contribution in [0.15, 0.2) is 29.2 Å². The maximum Gasteiger partial charge on any atom is 0.344 e. The van der Waals surface area contributed by atoms with E-state index in [0.29, 0.717) is 0 Å². The molecule has 0 aliphatic heterocycles. The summed E-state index contributed by atoms with van der Waals surface area (Å²) in [5, 5.41) is 0. The van der Waals surface area contributed by atoms with Crippen molar-refractivity contribution in [2.24, 2.45) is 0 Å². The second-order valence-corrected chi connectivity index (χ2v) is 8.13. The molecule has 7 nitrogen and oxygen atoms in total. The number of carbonyl (C=O) groups is 2. The molecule has 0 spiro atoms. The monoisotopic (exact) mass is 343 g/mol. The maximum atomic E-state index is 12.0. The molecule has 0 fully saturated rings. The Morgan fingerprint density at radius 1 is 1.17 bits per heavy atom. The van der Waals surface area contributed by atoms with Crippen molar-refractivity contribution in [2.75, 3.05) is 20.7 Å². The summed E-state index contributed by atoms with van der Waals surface area (Å²) < 4.78 is 35.0. The van der Waals surface area contributed by atoms with Gasteiger partial charge in [0.05, 0.1) is 10.5 Å². The zero-order chi connectivity index (χ0) is 17.8. The molecule has 0 N–H and O–H groups in total. The molecule has 1 aromatic carbocycles. The minimum absolute atomic E-state index is 0.0331. The highest BCUT2D eigenvalue weighted by Gasteiger charge is 2.21. The van der Waals surface area contributed by atoms with Crippen molar-refractivity contribution in [3.8, 4) is 0 Å². The van der Waals surface area contributed by atoms with Gasteiger partial charge in [-0.25, -0.2) is 22.3 Å².